The molecule has 11 nitrogen and oxygen atoms in total. The smallest absolute Gasteiger partial charge is 0.277 e. The third-order valence-electron chi connectivity index (χ3n) is 5.25. The fourth-order valence-electron chi connectivity index (χ4n) is 3.69. The molecule has 0 aliphatic carbocycles. The van der Waals surface area contributed by atoms with Crippen molar-refractivity contribution in [3.8, 4) is 17.1 Å². The molecule has 0 radical (unpaired) electrons. The van der Waals surface area contributed by atoms with Crippen LogP contribution >= 0.6 is 0 Å². The second-order valence-electron chi connectivity index (χ2n) is 7.62. The summed E-state index contributed by atoms with van der Waals surface area (Å²) in [4.78, 5) is 55.5. The third-order valence-corrected chi connectivity index (χ3v) is 5.25. The number of amides is 4. The number of likely N-dealkylation sites (N-methyl/N-ethyl adjacent to an activating group) is 1. The Kier molecular flexibility index (Phi) is 5.47. The van der Waals surface area contributed by atoms with Crippen molar-refractivity contribution < 1.29 is 28.4 Å². The van der Waals surface area contributed by atoms with Crippen LogP contribution < -0.4 is 10.1 Å². The van der Waals surface area contributed by atoms with E-state index in [1.165, 1.54) is 4.90 Å². The summed E-state index contributed by atoms with van der Waals surface area (Å²) in [5.41, 5.74) is 1.78. The summed E-state index contributed by atoms with van der Waals surface area (Å²) < 4.78 is 10.6. The molecule has 166 valence electrons. The molecule has 32 heavy (non-hydrogen) atoms. The normalized spacial score (nSPS) is 18.7. The van der Waals surface area contributed by atoms with Crippen molar-refractivity contribution in [3.63, 3.8) is 0 Å². The third kappa shape index (κ3) is 3.96. The molecule has 2 aromatic rings. The summed E-state index contributed by atoms with van der Waals surface area (Å²) >= 11 is 0. The van der Waals surface area contributed by atoms with Gasteiger partial charge in [0.1, 0.15) is 17.5 Å². The van der Waals surface area contributed by atoms with Crippen LogP contribution in [0.4, 0.5) is 0 Å². The Morgan fingerprint density at radius 1 is 1.25 bits per heavy atom. The largest absolute Gasteiger partial charge is 0.497 e. The number of nitrogens with one attached hydrogen (secondary N) is 1. The minimum absolute atomic E-state index is 0.0626. The van der Waals surface area contributed by atoms with Crippen LogP contribution in [-0.2, 0) is 25.7 Å². The van der Waals surface area contributed by atoms with Gasteiger partial charge in [0.25, 0.3) is 11.8 Å². The summed E-state index contributed by atoms with van der Waals surface area (Å²) in [7, 11) is 3.17. The van der Waals surface area contributed by atoms with E-state index in [4.69, 9.17) is 9.26 Å². The van der Waals surface area contributed by atoms with Crippen molar-refractivity contribution in [2.75, 3.05) is 14.2 Å². The summed E-state index contributed by atoms with van der Waals surface area (Å²) in [6.07, 6.45) is 1.32. The molecule has 3 heterocycles. The first kappa shape index (κ1) is 21.2. The number of piperidine rings is 1. The fraction of sp³-hybridized carbons (Fsp3) is 0.333. The molecule has 0 spiro atoms. The quantitative estimate of drug-likeness (QED) is 0.640. The molecule has 11 heteroatoms. The van der Waals surface area contributed by atoms with Crippen molar-refractivity contribution in [2.45, 2.75) is 32.4 Å². The van der Waals surface area contributed by atoms with Gasteiger partial charge < -0.3 is 14.2 Å². The molecule has 0 bridgehead atoms. The van der Waals surface area contributed by atoms with E-state index in [9.17, 15) is 19.2 Å². The number of carbonyl (C=O) groups is 4. The molecule has 0 saturated carbocycles. The number of aryl methyl sites for hydroxylation is 1. The minimum atomic E-state index is -1.01. The molecular formula is C21H21N5O6. The maximum atomic E-state index is 12.9. The molecule has 2 aliphatic heterocycles. The summed E-state index contributed by atoms with van der Waals surface area (Å²) in [5, 5.41) is 6.15. The van der Waals surface area contributed by atoms with Crippen LogP contribution in [0.2, 0.25) is 0 Å². The van der Waals surface area contributed by atoms with Crippen LogP contribution in [0.3, 0.4) is 0 Å². The first-order valence-electron chi connectivity index (χ1n) is 9.89. The standard InChI is InChI=1S/C21H21N5O6/c1-11-6-12(8-13(7-11)31-3)19-23-17(32-24-19)10-25(2)15-9-18(28)26(21(15)30)14-4-5-16(27)22-20(14)29/h6-9,14H,4-5,10H2,1-3H3,(H,22,27,29). The molecule has 1 saturated heterocycles. The average molecular weight is 439 g/mol. The topological polar surface area (TPSA) is 135 Å². The SMILES string of the molecule is COc1cc(C)cc(-c2noc(CN(C)C3=CC(=O)N(C4CCC(=O)NC4=O)C3=O)n2)c1. The average Bonchev–Trinajstić information content (AvgIpc) is 3.32. The molecule has 1 fully saturated rings. The summed E-state index contributed by atoms with van der Waals surface area (Å²) in [6, 6.07) is 4.54. The Balaban J connectivity index is 1.47. The van der Waals surface area contributed by atoms with Gasteiger partial charge in [-0.25, -0.2) is 0 Å². The van der Waals surface area contributed by atoms with Gasteiger partial charge in [0, 0.05) is 25.1 Å². The molecule has 4 amide bonds. The molecule has 1 N–H and O–H groups in total. The van der Waals surface area contributed by atoms with Crippen molar-refractivity contribution >= 4 is 23.6 Å². The van der Waals surface area contributed by atoms with E-state index in [1.54, 1.807) is 20.2 Å². The predicted molar refractivity (Wildman–Crippen MR) is 109 cm³/mol. The van der Waals surface area contributed by atoms with Crippen LogP contribution in [0.25, 0.3) is 11.4 Å². The van der Waals surface area contributed by atoms with Crippen LogP contribution in [0.15, 0.2) is 34.5 Å². The number of benzene rings is 1. The Morgan fingerprint density at radius 2 is 2.03 bits per heavy atom. The molecule has 4 rings (SSSR count). The number of carbonyl (C=O) groups excluding carboxylic acids is 4. The van der Waals surface area contributed by atoms with Crippen molar-refractivity contribution in [1.82, 2.24) is 25.3 Å². The molecule has 1 atom stereocenters. The molecular weight excluding hydrogens is 418 g/mol. The number of hydrogen-bond acceptors (Lipinski definition) is 9. The minimum Gasteiger partial charge on any atom is -0.497 e. The van der Waals surface area contributed by atoms with E-state index in [-0.39, 0.29) is 31.0 Å². The lowest BCUT2D eigenvalue weighted by Crippen LogP contribution is -2.54. The fourth-order valence-corrected chi connectivity index (χ4v) is 3.69. The maximum Gasteiger partial charge on any atom is 0.277 e. The first-order chi connectivity index (χ1) is 15.3. The predicted octanol–water partition coefficient (Wildman–Crippen LogP) is 0.543. The highest BCUT2D eigenvalue weighted by Gasteiger charge is 2.43. The van der Waals surface area contributed by atoms with E-state index in [1.807, 2.05) is 19.1 Å². The zero-order valence-electron chi connectivity index (χ0n) is 17.7. The number of rotatable bonds is 6. The van der Waals surface area contributed by atoms with Crippen LogP contribution in [0.1, 0.15) is 24.3 Å². The van der Waals surface area contributed by atoms with Gasteiger partial charge in [-0.2, -0.15) is 4.98 Å². The highest BCUT2D eigenvalue weighted by molar-refractivity contribution is 6.18. The van der Waals surface area contributed by atoms with E-state index in [0.29, 0.717) is 11.6 Å². The molecule has 1 unspecified atom stereocenters. The van der Waals surface area contributed by atoms with Crippen LogP contribution in [-0.4, -0.2) is 63.8 Å². The Hall–Kier alpha value is -4.02. The number of nitrogens with zero attached hydrogens (tertiary/aromatic N) is 4. The van der Waals surface area contributed by atoms with Gasteiger partial charge in [-0.1, -0.05) is 5.16 Å². The van der Waals surface area contributed by atoms with Crippen molar-refractivity contribution in [1.29, 1.82) is 0 Å². The summed E-state index contributed by atoms with van der Waals surface area (Å²) in [5.74, 6) is -1.03. The van der Waals surface area contributed by atoms with Gasteiger partial charge in [-0.3, -0.25) is 29.4 Å². The van der Waals surface area contributed by atoms with E-state index in [0.717, 1.165) is 22.1 Å². The van der Waals surface area contributed by atoms with Gasteiger partial charge in [-0.05, 0) is 37.1 Å². The maximum absolute atomic E-state index is 12.9. The number of imide groups is 2. The monoisotopic (exact) mass is 439 g/mol. The summed E-state index contributed by atoms with van der Waals surface area (Å²) in [6.45, 7) is 1.99. The molecule has 2 aliphatic rings. The number of aromatic nitrogens is 2. The van der Waals surface area contributed by atoms with Gasteiger partial charge in [0.2, 0.25) is 23.5 Å². The number of hydrogen-bond donors (Lipinski definition) is 1. The molecule has 1 aromatic carbocycles. The van der Waals surface area contributed by atoms with E-state index in [2.05, 4.69) is 15.5 Å². The Bertz CT molecular complexity index is 1150. The lowest BCUT2D eigenvalue weighted by Gasteiger charge is -2.29. The lowest BCUT2D eigenvalue weighted by atomic mass is 10.0. The van der Waals surface area contributed by atoms with Crippen LogP contribution in [0, 0.1) is 6.92 Å². The highest BCUT2D eigenvalue weighted by Crippen LogP contribution is 2.26. The molecule has 1 aromatic heterocycles. The van der Waals surface area contributed by atoms with Gasteiger partial charge >= 0.3 is 0 Å². The number of ether oxygens (including phenoxy) is 1. The second kappa shape index (κ2) is 8.25. The van der Waals surface area contributed by atoms with Gasteiger partial charge in [0.15, 0.2) is 0 Å². The van der Waals surface area contributed by atoms with Gasteiger partial charge in [0.05, 0.1) is 13.7 Å². The van der Waals surface area contributed by atoms with Crippen molar-refractivity contribution in [2.24, 2.45) is 0 Å². The van der Waals surface area contributed by atoms with Crippen molar-refractivity contribution in [3.05, 3.63) is 41.4 Å². The first-order valence-corrected chi connectivity index (χ1v) is 9.89. The zero-order valence-corrected chi connectivity index (χ0v) is 17.7. The lowest BCUT2D eigenvalue weighted by molar-refractivity contribution is -0.150. The van der Waals surface area contributed by atoms with Gasteiger partial charge in [-0.15, -0.1) is 0 Å². The number of methoxy groups -OCH3 is 1. The Morgan fingerprint density at radius 3 is 2.75 bits per heavy atom. The van der Waals surface area contributed by atoms with E-state index < -0.39 is 29.7 Å². The second-order valence-corrected chi connectivity index (χ2v) is 7.62. The van der Waals surface area contributed by atoms with E-state index >= 15 is 0 Å². The highest BCUT2D eigenvalue weighted by atomic mass is 16.5. The van der Waals surface area contributed by atoms with Crippen LogP contribution in [0.5, 0.6) is 5.75 Å². The zero-order chi connectivity index (χ0) is 23.0. The Labute approximate surface area is 183 Å².